The smallest absolute Gasteiger partial charge is 0.203 e. The van der Waals surface area contributed by atoms with Gasteiger partial charge in [-0.15, -0.1) is 0 Å². The monoisotopic (exact) mass is 519 g/mol. The second-order valence-electron chi connectivity index (χ2n) is 9.70. The highest BCUT2D eigenvalue weighted by Gasteiger charge is 2.25. The molecule has 0 saturated heterocycles. The van der Waals surface area contributed by atoms with Crippen LogP contribution in [0.5, 0.6) is 5.75 Å². The van der Waals surface area contributed by atoms with E-state index in [0.717, 1.165) is 43.9 Å². The van der Waals surface area contributed by atoms with Crippen molar-refractivity contribution in [1.29, 1.82) is 0 Å². The third kappa shape index (κ3) is 11.1. The Labute approximate surface area is 219 Å². The molecule has 0 heterocycles. The van der Waals surface area contributed by atoms with E-state index in [-0.39, 0.29) is 17.8 Å². The van der Waals surface area contributed by atoms with Gasteiger partial charge in [0.2, 0.25) is 5.82 Å². The summed E-state index contributed by atoms with van der Waals surface area (Å²) in [6.45, 7) is 1.70. The average Bonchev–Trinajstić information content (AvgIpc) is 2.88. The summed E-state index contributed by atoms with van der Waals surface area (Å²) >= 11 is 0. The van der Waals surface area contributed by atoms with Crippen LogP contribution in [-0.4, -0.2) is 31.8 Å². The van der Waals surface area contributed by atoms with Gasteiger partial charge in [0.05, 0.1) is 0 Å². The summed E-state index contributed by atoms with van der Waals surface area (Å²) in [6.07, 6.45) is 9.62. The number of ether oxygens (including phenoxy) is 1. The van der Waals surface area contributed by atoms with Gasteiger partial charge in [0.25, 0.3) is 0 Å². The van der Waals surface area contributed by atoms with E-state index >= 15 is 0 Å². The van der Waals surface area contributed by atoms with Crippen molar-refractivity contribution in [2.45, 2.75) is 77.6 Å². The van der Waals surface area contributed by atoms with E-state index in [2.05, 4.69) is 5.32 Å². The van der Waals surface area contributed by atoms with Crippen LogP contribution in [-0.2, 0) is 16.0 Å². The standard InChI is InChI=1S/C30H40F3NO3/c1-22-18-26(31)29(33)30(28(22)32)37-21-27(36)24(19-23-14-10-9-11-15-23)20-25(35)16-12-7-5-3-4-6-8-13-17-34-2/h9-11,14-15,18,24,34H,3-8,12-13,16-17,19-21H2,1-2H3/t24-/m1/s1. The van der Waals surface area contributed by atoms with E-state index in [0.29, 0.717) is 12.8 Å². The summed E-state index contributed by atoms with van der Waals surface area (Å²) < 4.78 is 47.1. The Kier molecular flexibility index (Phi) is 14.0. The molecule has 0 bridgehead atoms. The van der Waals surface area contributed by atoms with Gasteiger partial charge in [0.1, 0.15) is 12.4 Å². The van der Waals surface area contributed by atoms with Gasteiger partial charge in [-0.25, -0.2) is 8.78 Å². The van der Waals surface area contributed by atoms with Crippen molar-refractivity contribution in [3.63, 3.8) is 0 Å². The topological polar surface area (TPSA) is 55.4 Å². The zero-order valence-electron chi connectivity index (χ0n) is 22.1. The molecule has 1 atom stereocenters. The molecule has 7 heteroatoms. The first-order valence-electron chi connectivity index (χ1n) is 13.3. The minimum atomic E-state index is -1.47. The van der Waals surface area contributed by atoms with Crippen molar-refractivity contribution in [2.75, 3.05) is 20.2 Å². The van der Waals surface area contributed by atoms with Crippen LogP contribution in [0.2, 0.25) is 0 Å². The second kappa shape index (κ2) is 17.0. The predicted octanol–water partition coefficient (Wildman–Crippen LogP) is 6.91. The minimum absolute atomic E-state index is 0.0136. The SMILES string of the molecule is CNCCCCCCCCCCC(=O)C[C@@H](Cc1ccccc1)C(=O)COc1c(F)c(C)cc(F)c1F. The van der Waals surface area contributed by atoms with Gasteiger partial charge < -0.3 is 10.1 Å². The van der Waals surface area contributed by atoms with E-state index in [4.69, 9.17) is 4.74 Å². The molecule has 0 spiro atoms. The lowest BCUT2D eigenvalue weighted by Crippen LogP contribution is -2.26. The maximum absolute atomic E-state index is 14.3. The summed E-state index contributed by atoms with van der Waals surface area (Å²) in [4.78, 5) is 25.7. The number of carbonyl (C=O) groups excluding carboxylic acids is 2. The predicted molar refractivity (Wildman–Crippen MR) is 140 cm³/mol. The molecule has 0 aromatic heterocycles. The van der Waals surface area contributed by atoms with Gasteiger partial charge in [0, 0.05) is 18.8 Å². The van der Waals surface area contributed by atoms with Crippen LogP contribution in [0.25, 0.3) is 0 Å². The van der Waals surface area contributed by atoms with Gasteiger partial charge >= 0.3 is 0 Å². The Bertz CT molecular complexity index is 956. The normalized spacial score (nSPS) is 11.9. The molecule has 37 heavy (non-hydrogen) atoms. The summed E-state index contributed by atoms with van der Waals surface area (Å²) in [7, 11) is 1.96. The summed E-state index contributed by atoms with van der Waals surface area (Å²) in [5.74, 6) is -5.81. The number of aryl methyl sites for hydroxylation is 1. The van der Waals surface area contributed by atoms with Crippen LogP contribution >= 0.6 is 0 Å². The molecule has 204 valence electrons. The minimum Gasteiger partial charge on any atom is -0.480 e. The molecule has 0 aliphatic carbocycles. The van der Waals surface area contributed by atoms with E-state index in [1.54, 1.807) is 0 Å². The molecule has 0 aliphatic heterocycles. The number of hydrogen-bond acceptors (Lipinski definition) is 4. The van der Waals surface area contributed by atoms with Crippen LogP contribution in [0.15, 0.2) is 36.4 Å². The fraction of sp³-hybridized carbons (Fsp3) is 0.533. The number of rotatable bonds is 19. The fourth-order valence-electron chi connectivity index (χ4n) is 4.35. The zero-order valence-corrected chi connectivity index (χ0v) is 22.1. The quantitative estimate of drug-likeness (QED) is 0.162. The molecule has 2 aromatic rings. The Morgan fingerprint density at radius 3 is 2.16 bits per heavy atom. The average molecular weight is 520 g/mol. The molecule has 0 unspecified atom stereocenters. The fourth-order valence-corrected chi connectivity index (χ4v) is 4.35. The zero-order chi connectivity index (χ0) is 27.0. The van der Waals surface area contributed by atoms with Crippen molar-refractivity contribution in [2.24, 2.45) is 5.92 Å². The number of benzene rings is 2. The van der Waals surface area contributed by atoms with Crippen LogP contribution < -0.4 is 10.1 Å². The van der Waals surface area contributed by atoms with Crippen LogP contribution in [0.4, 0.5) is 13.2 Å². The van der Waals surface area contributed by atoms with Crippen molar-refractivity contribution in [3.8, 4) is 5.75 Å². The van der Waals surface area contributed by atoms with Gasteiger partial charge in [-0.05, 0) is 57.0 Å². The lowest BCUT2D eigenvalue weighted by molar-refractivity contribution is -0.129. The Hall–Kier alpha value is -2.67. The van der Waals surface area contributed by atoms with Crippen LogP contribution in [0.3, 0.4) is 0 Å². The van der Waals surface area contributed by atoms with E-state index < -0.39 is 41.5 Å². The third-order valence-corrected chi connectivity index (χ3v) is 6.54. The Morgan fingerprint density at radius 1 is 0.892 bits per heavy atom. The Balaban J connectivity index is 1.86. The Morgan fingerprint density at radius 2 is 1.51 bits per heavy atom. The number of ketones is 2. The van der Waals surface area contributed by atoms with Crippen molar-refractivity contribution in [3.05, 3.63) is 65.0 Å². The number of nitrogens with one attached hydrogen (secondary N) is 1. The van der Waals surface area contributed by atoms with Gasteiger partial charge in [-0.1, -0.05) is 68.9 Å². The second-order valence-corrected chi connectivity index (χ2v) is 9.70. The lowest BCUT2D eigenvalue weighted by Gasteiger charge is -2.17. The molecule has 4 nitrogen and oxygen atoms in total. The van der Waals surface area contributed by atoms with Crippen LogP contribution in [0, 0.1) is 30.3 Å². The number of unbranched alkanes of at least 4 members (excludes halogenated alkanes) is 7. The maximum Gasteiger partial charge on any atom is 0.203 e. The first-order valence-corrected chi connectivity index (χ1v) is 13.3. The highest BCUT2D eigenvalue weighted by Crippen LogP contribution is 2.27. The van der Waals surface area contributed by atoms with E-state index in [1.165, 1.54) is 32.6 Å². The van der Waals surface area contributed by atoms with Gasteiger partial charge in [-0.2, -0.15) is 4.39 Å². The largest absolute Gasteiger partial charge is 0.480 e. The first-order chi connectivity index (χ1) is 17.8. The molecule has 0 radical (unpaired) electrons. The number of carbonyl (C=O) groups is 2. The molecule has 0 amide bonds. The molecule has 1 N–H and O–H groups in total. The van der Waals surface area contributed by atoms with Gasteiger partial charge in [-0.3, -0.25) is 9.59 Å². The molecule has 0 fully saturated rings. The molecular formula is C30H40F3NO3. The molecular weight excluding hydrogens is 479 g/mol. The van der Waals surface area contributed by atoms with Crippen molar-refractivity contribution >= 4 is 11.6 Å². The van der Waals surface area contributed by atoms with E-state index in [1.807, 2.05) is 37.4 Å². The highest BCUT2D eigenvalue weighted by atomic mass is 19.2. The van der Waals surface area contributed by atoms with Crippen LogP contribution in [0.1, 0.15) is 75.3 Å². The number of halogens is 3. The summed E-state index contributed by atoms with van der Waals surface area (Å²) in [6, 6.07) is 10.0. The number of Topliss-reactive ketones (excluding diaryl/α,β-unsaturated/α-hetero) is 2. The number of hydrogen-bond donors (Lipinski definition) is 1. The summed E-state index contributed by atoms with van der Waals surface area (Å²) in [5.41, 5.74) is 0.758. The maximum atomic E-state index is 14.3. The third-order valence-electron chi connectivity index (χ3n) is 6.54. The first kappa shape index (κ1) is 30.6. The molecule has 0 saturated carbocycles. The lowest BCUT2D eigenvalue weighted by atomic mass is 9.89. The summed E-state index contributed by atoms with van der Waals surface area (Å²) in [5, 5.41) is 3.15. The van der Waals surface area contributed by atoms with E-state index in [9.17, 15) is 22.8 Å². The molecule has 2 rings (SSSR count). The molecule has 2 aromatic carbocycles. The molecule has 0 aliphatic rings. The van der Waals surface area contributed by atoms with Crippen molar-refractivity contribution in [1.82, 2.24) is 5.32 Å². The van der Waals surface area contributed by atoms with Gasteiger partial charge in [0.15, 0.2) is 23.2 Å². The van der Waals surface area contributed by atoms with Crippen molar-refractivity contribution < 1.29 is 27.5 Å². The highest BCUT2D eigenvalue weighted by molar-refractivity contribution is 5.89.